The summed E-state index contributed by atoms with van der Waals surface area (Å²) in [7, 11) is 0. The fourth-order valence-corrected chi connectivity index (χ4v) is 1.33. The molecule has 2 unspecified atom stereocenters. The van der Waals surface area contributed by atoms with Gasteiger partial charge in [0.05, 0.1) is 0 Å². The van der Waals surface area contributed by atoms with Crippen molar-refractivity contribution in [3.05, 3.63) is 18.5 Å². The molecule has 7 heteroatoms. The molecule has 1 aromatic rings. The Morgan fingerprint density at radius 2 is 2.00 bits per heavy atom. The lowest BCUT2D eigenvalue weighted by Gasteiger charge is -2.19. The molecule has 7 nitrogen and oxygen atoms in total. The van der Waals surface area contributed by atoms with Crippen LogP contribution in [0.4, 0.5) is 10.7 Å². The van der Waals surface area contributed by atoms with Gasteiger partial charge in [0.25, 0.3) is 0 Å². The molecule has 1 aromatic heterocycles. The van der Waals surface area contributed by atoms with E-state index in [1.54, 1.807) is 13.0 Å². The summed E-state index contributed by atoms with van der Waals surface area (Å²) in [5.74, 6) is -1.10. The summed E-state index contributed by atoms with van der Waals surface area (Å²) >= 11 is 0. The van der Waals surface area contributed by atoms with E-state index in [0.29, 0.717) is 6.42 Å². The largest absolute Gasteiger partial charge is 0.480 e. The van der Waals surface area contributed by atoms with Gasteiger partial charge in [-0.05, 0) is 12.0 Å². The van der Waals surface area contributed by atoms with Gasteiger partial charge in [0.2, 0.25) is 5.95 Å². The zero-order chi connectivity index (χ0) is 13.5. The summed E-state index contributed by atoms with van der Waals surface area (Å²) in [4.78, 5) is 30.2. The van der Waals surface area contributed by atoms with Crippen molar-refractivity contribution < 1.29 is 14.7 Å². The Balaban J connectivity index is 2.60. The highest BCUT2D eigenvalue weighted by Crippen LogP contribution is 2.08. The van der Waals surface area contributed by atoms with Crippen LogP contribution in [0.3, 0.4) is 0 Å². The Morgan fingerprint density at radius 1 is 1.39 bits per heavy atom. The van der Waals surface area contributed by atoms with Crippen LogP contribution in [0.15, 0.2) is 18.5 Å². The fourth-order valence-electron chi connectivity index (χ4n) is 1.33. The van der Waals surface area contributed by atoms with Crippen molar-refractivity contribution in [2.45, 2.75) is 26.3 Å². The van der Waals surface area contributed by atoms with Gasteiger partial charge in [-0.1, -0.05) is 20.3 Å². The van der Waals surface area contributed by atoms with Crippen LogP contribution in [0.5, 0.6) is 0 Å². The van der Waals surface area contributed by atoms with Gasteiger partial charge < -0.3 is 10.4 Å². The van der Waals surface area contributed by atoms with Crippen LogP contribution < -0.4 is 10.6 Å². The van der Waals surface area contributed by atoms with Crippen LogP contribution in [-0.4, -0.2) is 33.1 Å². The summed E-state index contributed by atoms with van der Waals surface area (Å²) in [5, 5.41) is 13.8. The number of carbonyl (C=O) groups is 2. The van der Waals surface area contributed by atoms with Gasteiger partial charge in [-0.15, -0.1) is 0 Å². The number of nitrogens with zero attached hydrogens (tertiary/aromatic N) is 2. The lowest BCUT2D eigenvalue weighted by Crippen LogP contribution is -2.46. The third-order valence-corrected chi connectivity index (χ3v) is 2.56. The van der Waals surface area contributed by atoms with Gasteiger partial charge in [-0.3, -0.25) is 5.32 Å². The average molecular weight is 252 g/mol. The molecule has 1 heterocycles. The average Bonchev–Trinajstić information content (AvgIpc) is 2.36. The van der Waals surface area contributed by atoms with Crippen LogP contribution in [0.1, 0.15) is 20.3 Å². The first-order valence-electron chi connectivity index (χ1n) is 5.62. The first-order chi connectivity index (χ1) is 8.54. The molecule has 0 aromatic carbocycles. The fraction of sp³-hybridized carbons (Fsp3) is 0.455. The maximum Gasteiger partial charge on any atom is 0.326 e. The second kappa shape index (κ2) is 6.53. The van der Waals surface area contributed by atoms with E-state index in [2.05, 4.69) is 20.6 Å². The third-order valence-electron chi connectivity index (χ3n) is 2.56. The predicted octanol–water partition coefficient (Wildman–Crippen LogP) is 1.10. The minimum absolute atomic E-state index is 0.128. The number of hydrogen-bond acceptors (Lipinski definition) is 4. The molecule has 98 valence electrons. The number of aliphatic carboxylic acids is 1. The number of carbonyl (C=O) groups excluding carboxylic acids is 1. The molecule has 1 rings (SSSR count). The molecule has 0 saturated carbocycles. The molecule has 2 amide bonds. The predicted molar refractivity (Wildman–Crippen MR) is 65.1 cm³/mol. The van der Waals surface area contributed by atoms with Gasteiger partial charge in [-0.25, -0.2) is 19.6 Å². The van der Waals surface area contributed by atoms with E-state index in [1.165, 1.54) is 12.4 Å². The van der Waals surface area contributed by atoms with Gasteiger partial charge in [-0.2, -0.15) is 0 Å². The van der Waals surface area contributed by atoms with Crippen molar-refractivity contribution in [1.82, 2.24) is 15.3 Å². The minimum atomic E-state index is -1.06. The lowest BCUT2D eigenvalue weighted by atomic mass is 10.00. The summed E-state index contributed by atoms with van der Waals surface area (Å²) in [6.45, 7) is 3.62. The number of urea groups is 1. The maximum atomic E-state index is 11.6. The lowest BCUT2D eigenvalue weighted by molar-refractivity contribution is -0.140. The Hall–Kier alpha value is -2.18. The van der Waals surface area contributed by atoms with Gasteiger partial charge in [0, 0.05) is 12.4 Å². The van der Waals surface area contributed by atoms with Crippen molar-refractivity contribution in [1.29, 1.82) is 0 Å². The number of hydrogen-bond donors (Lipinski definition) is 3. The SMILES string of the molecule is CCC(C)C(NC(=O)Nc1ncccn1)C(=O)O. The van der Waals surface area contributed by atoms with Crippen LogP contribution in [-0.2, 0) is 4.79 Å². The van der Waals surface area contributed by atoms with Crippen molar-refractivity contribution in [3.8, 4) is 0 Å². The van der Waals surface area contributed by atoms with Crippen LogP contribution >= 0.6 is 0 Å². The van der Waals surface area contributed by atoms with Gasteiger partial charge in [0.1, 0.15) is 6.04 Å². The molecule has 3 N–H and O–H groups in total. The second-order valence-electron chi connectivity index (χ2n) is 3.87. The Morgan fingerprint density at radius 3 is 2.50 bits per heavy atom. The van der Waals surface area contributed by atoms with E-state index >= 15 is 0 Å². The molecule has 0 fully saturated rings. The third kappa shape index (κ3) is 4.00. The number of carboxylic acid groups (broad SMARTS) is 1. The number of rotatable bonds is 5. The quantitative estimate of drug-likeness (QED) is 0.727. The molecule has 0 bridgehead atoms. The van der Waals surface area contributed by atoms with Crippen molar-refractivity contribution in [3.63, 3.8) is 0 Å². The highest BCUT2D eigenvalue weighted by molar-refractivity contribution is 5.90. The topological polar surface area (TPSA) is 104 Å². The molecule has 2 atom stereocenters. The first kappa shape index (κ1) is 13.9. The van der Waals surface area contributed by atoms with Gasteiger partial charge in [0.15, 0.2) is 0 Å². The standard InChI is InChI=1S/C11H16N4O3/c1-3-7(2)8(9(16)17)14-11(18)15-10-12-5-4-6-13-10/h4-8H,3H2,1-2H3,(H,16,17)(H2,12,13,14,15,18). The summed E-state index contributed by atoms with van der Waals surface area (Å²) in [6, 6.07) is 0.0510. The molecule has 0 aliphatic rings. The summed E-state index contributed by atoms with van der Waals surface area (Å²) in [6.07, 6.45) is 3.61. The Kier molecular flexibility index (Phi) is 5.04. The monoisotopic (exact) mass is 252 g/mol. The van der Waals surface area contributed by atoms with E-state index in [1.807, 2.05) is 6.92 Å². The first-order valence-corrected chi connectivity index (χ1v) is 5.62. The molecule has 0 aliphatic heterocycles. The molecular formula is C11H16N4O3. The highest BCUT2D eigenvalue weighted by atomic mass is 16.4. The Bertz CT molecular complexity index is 410. The summed E-state index contributed by atoms with van der Waals surface area (Å²) in [5.41, 5.74) is 0. The number of aromatic nitrogens is 2. The Labute approximate surface area is 105 Å². The molecular weight excluding hydrogens is 236 g/mol. The number of amides is 2. The van der Waals surface area contributed by atoms with E-state index in [0.717, 1.165) is 0 Å². The smallest absolute Gasteiger partial charge is 0.326 e. The second-order valence-corrected chi connectivity index (χ2v) is 3.87. The molecule has 0 saturated heterocycles. The maximum absolute atomic E-state index is 11.6. The van der Waals surface area contributed by atoms with Crippen LogP contribution in [0.2, 0.25) is 0 Å². The number of nitrogens with one attached hydrogen (secondary N) is 2. The van der Waals surface area contributed by atoms with Crippen molar-refractivity contribution in [2.24, 2.45) is 5.92 Å². The normalized spacial score (nSPS) is 13.4. The van der Waals surface area contributed by atoms with Crippen LogP contribution in [0, 0.1) is 5.92 Å². The molecule has 0 spiro atoms. The minimum Gasteiger partial charge on any atom is -0.480 e. The van der Waals surface area contributed by atoms with Gasteiger partial charge >= 0.3 is 12.0 Å². The van der Waals surface area contributed by atoms with Crippen LogP contribution in [0.25, 0.3) is 0 Å². The summed E-state index contributed by atoms with van der Waals surface area (Å²) < 4.78 is 0. The molecule has 0 radical (unpaired) electrons. The zero-order valence-corrected chi connectivity index (χ0v) is 10.3. The molecule has 0 aliphatic carbocycles. The number of anilines is 1. The highest BCUT2D eigenvalue weighted by Gasteiger charge is 2.25. The zero-order valence-electron chi connectivity index (χ0n) is 10.3. The number of carboxylic acids is 1. The van der Waals surface area contributed by atoms with Crippen molar-refractivity contribution >= 4 is 17.9 Å². The van der Waals surface area contributed by atoms with E-state index in [4.69, 9.17) is 5.11 Å². The van der Waals surface area contributed by atoms with E-state index < -0.39 is 18.0 Å². The van der Waals surface area contributed by atoms with E-state index in [-0.39, 0.29) is 11.9 Å². The van der Waals surface area contributed by atoms with Crippen molar-refractivity contribution in [2.75, 3.05) is 5.32 Å². The molecule has 18 heavy (non-hydrogen) atoms. The van der Waals surface area contributed by atoms with E-state index in [9.17, 15) is 9.59 Å².